The highest BCUT2D eigenvalue weighted by atomic mass is 16.6. The number of aliphatic hydroxyl groups is 2. The maximum atomic E-state index is 15.1. The van der Waals surface area contributed by atoms with Crippen LogP contribution in [0.15, 0.2) is 48.0 Å². The highest BCUT2D eigenvalue weighted by molar-refractivity contribution is 5.94. The fraction of sp³-hybridized carbons (Fsp3) is 0.595. The first-order chi connectivity index (χ1) is 25.2. The zero-order valence-corrected chi connectivity index (χ0v) is 30.8. The molecule has 1 saturated carbocycles. The van der Waals surface area contributed by atoms with Crippen molar-refractivity contribution in [3.8, 4) is 5.75 Å². The molecule has 7 aliphatic rings. The molecule has 10 rings (SSSR count). The first-order valence-electron chi connectivity index (χ1n) is 19.6. The summed E-state index contributed by atoms with van der Waals surface area (Å²) in [5, 5.41) is 28.6. The summed E-state index contributed by atoms with van der Waals surface area (Å²) in [7, 11) is 3.20. The molecule has 2 aromatic carbocycles. The number of esters is 1. The van der Waals surface area contributed by atoms with Crippen molar-refractivity contribution in [1.29, 1.82) is 0 Å². The lowest BCUT2D eigenvalue weighted by Gasteiger charge is -2.60. The quantitative estimate of drug-likeness (QED) is 0.220. The van der Waals surface area contributed by atoms with Crippen LogP contribution in [0.3, 0.4) is 0 Å². The van der Waals surface area contributed by atoms with Crippen LogP contribution in [-0.2, 0) is 31.5 Å². The molecule has 10 nitrogen and oxygen atoms in total. The maximum Gasteiger partial charge on any atom is 0.322 e. The summed E-state index contributed by atoms with van der Waals surface area (Å²) in [5.41, 5.74) is 3.99. The number of piperidine rings is 1. The van der Waals surface area contributed by atoms with E-state index in [1.807, 2.05) is 6.07 Å². The van der Waals surface area contributed by atoms with Crippen LogP contribution >= 0.6 is 0 Å². The number of anilines is 1. The lowest BCUT2D eigenvalue weighted by molar-refractivity contribution is -0.148. The van der Waals surface area contributed by atoms with E-state index in [2.05, 4.69) is 70.4 Å². The molecule has 52 heavy (non-hydrogen) atoms. The topological polar surface area (TPSA) is 120 Å². The van der Waals surface area contributed by atoms with Crippen molar-refractivity contribution < 1.29 is 29.2 Å². The molecule has 1 aliphatic carbocycles. The zero-order chi connectivity index (χ0) is 35.8. The molecule has 3 saturated heterocycles. The van der Waals surface area contributed by atoms with Crippen LogP contribution in [0.5, 0.6) is 5.75 Å². The summed E-state index contributed by atoms with van der Waals surface area (Å²) in [4.78, 5) is 24.1. The maximum absolute atomic E-state index is 15.1. The Balaban J connectivity index is 1.26. The van der Waals surface area contributed by atoms with Crippen LogP contribution in [0.1, 0.15) is 68.3 Å². The van der Waals surface area contributed by atoms with E-state index in [9.17, 15) is 10.2 Å². The van der Waals surface area contributed by atoms with Gasteiger partial charge in [0.25, 0.3) is 0 Å². The van der Waals surface area contributed by atoms with E-state index in [1.165, 1.54) is 12.7 Å². The number of hydrogen-bond donors (Lipinski definition) is 4. The summed E-state index contributed by atoms with van der Waals surface area (Å²) >= 11 is 0. The fourth-order valence-electron chi connectivity index (χ4n) is 13.2. The Morgan fingerprint density at radius 3 is 2.73 bits per heavy atom. The van der Waals surface area contributed by atoms with Gasteiger partial charge in [0.1, 0.15) is 16.8 Å². The average molecular weight is 709 g/mol. The van der Waals surface area contributed by atoms with Gasteiger partial charge in [0.2, 0.25) is 0 Å². The summed E-state index contributed by atoms with van der Waals surface area (Å²) in [6.45, 7) is 8.66. The Morgan fingerprint density at radius 2 is 1.96 bits per heavy atom. The number of aromatic amines is 1. The highest BCUT2D eigenvalue weighted by Gasteiger charge is 2.82. The van der Waals surface area contributed by atoms with Gasteiger partial charge in [-0.15, -0.1) is 0 Å². The normalized spacial score (nSPS) is 39.8. The van der Waals surface area contributed by atoms with Gasteiger partial charge >= 0.3 is 5.97 Å². The van der Waals surface area contributed by atoms with Gasteiger partial charge in [-0.2, -0.15) is 0 Å². The van der Waals surface area contributed by atoms with Gasteiger partial charge in [-0.3, -0.25) is 14.6 Å². The predicted octanol–water partition coefficient (Wildman–Crippen LogP) is 4.26. The van der Waals surface area contributed by atoms with Crippen LogP contribution in [0.4, 0.5) is 5.69 Å². The number of carbonyl (C=O) groups excluding carboxylic acids is 1. The van der Waals surface area contributed by atoms with E-state index in [0.717, 1.165) is 104 Å². The molecule has 276 valence electrons. The number of fused-ring (bicyclic) bond motifs is 8. The van der Waals surface area contributed by atoms with Crippen molar-refractivity contribution in [2.75, 3.05) is 58.9 Å². The number of methoxy groups -OCH3 is 2. The first kappa shape index (κ1) is 33.2. The molecule has 7 heterocycles. The lowest BCUT2D eigenvalue weighted by Crippen LogP contribution is -2.76. The number of carbonyl (C=O) groups is 1. The number of benzene rings is 2. The van der Waals surface area contributed by atoms with Crippen LogP contribution in [0.2, 0.25) is 0 Å². The van der Waals surface area contributed by atoms with Crippen LogP contribution in [-0.4, -0.2) is 114 Å². The Hall–Kier alpha value is -3.41. The molecule has 3 aromatic rings. The van der Waals surface area contributed by atoms with E-state index in [0.29, 0.717) is 12.2 Å². The van der Waals surface area contributed by atoms with Crippen molar-refractivity contribution >= 4 is 22.6 Å². The van der Waals surface area contributed by atoms with E-state index in [1.54, 1.807) is 7.11 Å². The van der Waals surface area contributed by atoms with Crippen LogP contribution in [0.25, 0.3) is 10.9 Å². The second kappa shape index (κ2) is 11.3. The second-order valence-electron chi connectivity index (χ2n) is 16.8. The van der Waals surface area contributed by atoms with Crippen molar-refractivity contribution in [2.45, 2.75) is 93.1 Å². The molecule has 1 aromatic heterocycles. The number of nitrogens with zero attached hydrogens (tertiary/aromatic N) is 2. The van der Waals surface area contributed by atoms with Crippen LogP contribution in [0, 0.1) is 11.3 Å². The Kier molecular flexibility index (Phi) is 7.21. The van der Waals surface area contributed by atoms with Crippen molar-refractivity contribution in [1.82, 2.24) is 14.8 Å². The molecule has 1 spiro atoms. The average Bonchev–Trinajstić information content (AvgIpc) is 3.91. The SMILES string of the molecule is CCC1=C[C@H]2CN(CCc3c([nH]c4ccccc34)[C@@](C(=O)OC)(c3cc4c(cc3OC)N[C@H]3C5(CO)OC6CCN7CC[C@]43[C@@H]7[C@]6(CC)[C@H]5O)C2)C1. The van der Waals surface area contributed by atoms with Gasteiger partial charge in [0.05, 0.1) is 39.1 Å². The number of rotatable bonds is 6. The predicted molar refractivity (Wildman–Crippen MR) is 198 cm³/mol. The minimum absolute atomic E-state index is 0.0149. The van der Waals surface area contributed by atoms with E-state index in [4.69, 9.17) is 14.2 Å². The van der Waals surface area contributed by atoms with E-state index < -0.39 is 27.9 Å². The monoisotopic (exact) mass is 708 g/mol. The summed E-state index contributed by atoms with van der Waals surface area (Å²) < 4.78 is 19.2. The third-order valence-corrected chi connectivity index (χ3v) is 15.1. The summed E-state index contributed by atoms with van der Waals surface area (Å²) in [6.07, 6.45) is 6.23. The Bertz CT molecular complexity index is 2010. The standard InChI is InChI=1S/C42H52N4O6/c1-5-24-17-25-20-41(38(49)51-4,34-27(11-14-45(21-24)22-25)26-9-7-8-10-30(26)43-34)29-18-28-31(19-32(29)50-3)44-35-40(28)13-16-46-15-12-33-39(6-2,36(40)46)37(48)42(35,23-47)52-33/h7-10,17-19,25,33,35-37,43-44,47-48H,5-6,11-16,20-23H2,1-4H3/t25-,33?,35-,36+,37-,39-,40+,41+,42?/m1/s1. The Labute approximate surface area is 305 Å². The van der Waals surface area contributed by atoms with E-state index in [-0.39, 0.29) is 36.7 Å². The molecule has 10 atom stereocenters. The summed E-state index contributed by atoms with van der Waals surface area (Å²) in [5.74, 6) is 0.432. The second-order valence-corrected chi connectivity index (χ2v) is 16.8. The largest absolute Gasteiger partial charge is 0.496 e. The van der Waals surface area contributed by atoms with Gasteiger partial charge in [-0.1, -0.05) is 43.7 Å². The van der Waals surface area contributed by atoms with Crippen molar-refractivity contribution in [3.63, 3.8) is 0 Å². The fourth-order valence-corrected chi connectivity index (χ4v) is 13.2. The Morgan fingerprint density at radius 1 is 1.12 bits per heavy atom. The molecule has 4 fully saturated rings. The molecule has 4 N–H and O–H groups in total. The molecule has 4 bridgehead atoms. The van der Waals surface area contributed by atoms with Crippen molar-refractivity contribution in [2.24, 2.45) is 11.3 Å². The number of aromatic nitrogens is 1. The molecule has 10 heteroatoms. The van der Waals surface area contributed by atoms with Gasteiger partial charge in [0, 0.05) is 77.0 Å². The number of hydrogen-bond acceptors (Lipinski definition) is 9. The zero-order valence-electron chi connectivity index (χ0n) is 30.8. The van der Waals surface area contributed by atoms with Crippen molar-refractivity contribution in [3.05, 3.63) is 70.4 Å². The summed E-state index contributed by atoms with van der Waals surface area (Å²) in [6, 6.07) is 12.4. The molecule has 6 aliphatic heterocycles. The molecular weight excluding hydrogens is 656 g/mol. The van der Waals surface area contributed by atoms with Gasteiger partial charge in [-0.05, 0) is 74.2 Å². The number of nitrogens with one attached hydrogen (secondary N) is 2. The third kappa shape index (κ3) is 3.80. The number of para-hydroxylation sites is 1. The number of H-pyrrole nitrogens is 1. The third-order valence-electron chi connectivity index (χ3n) is 15.1. The molecule has 3 unspecified atom stereocenters. The number of aliphatic hydroxyl groups excluding tert-OH is 2. The molecule has 0 amide bonds. The number of ether oxygens (including phenoxy) is 3. The van der Waals surface area contributed by atoms with Gasteiger partial charge < -0.3 is 34.7 Å². The van der Waals surface area contributed by atoms with Gasteiger partial charge in [0.15, 0.2) is 0 Å². The van der Waals surface area contributed by atoms with Gasteiger partial charge in [-0.25, -0.2) is 0 Å². The lowest BCUT2D eigenvalue weighted by atomic mass is 9.48. The smallest absolute Gasteiger partial charge is 0.322 e. The highest BCUT2D eigenvalue weighted by Crippen LogP contribution is 2.71. The molecular formula is C42H52N4O6. The minimum Gasteiger partial charge on any atom is -0.496 e. The molecule has 0 radical (unpaired) electrons. The minimum atomic E-state index is -1.21. The van der Waals surface area contributed by atoms with Crippen LogP contribution < -0.4 is 10.1 Å². The van der Waals surface area contributed by atoms with E-state index >= 15 is 4.79 Å². The first-order valence-corrected chi connectivity index (χ1v) is 19.6.